The molecule has 0 radical (unpaired) electrons. The number of carbonyl (C=O) groups excluding carboxylic acids is 1. The molecule has 0 fully saturated rings. The van der Waals surface area contributed by atoms with Gasteiger partial charge in [-0.3, -0.25) is 4.79 Å². The molecule has 0 N–H and O–H groups in total. The third kappa shape index (κ3) is 15.2. The largest absolute Gasteiger partial charge is 0.299 e. The highest BCUT2D eigenvalue weighted by Crippen LogP contribution is 2.26. The van der Waals surface area contributed by atoms with Crippen molar-refractivity contribution in [1.82, 2.24) is 0 Å². The highest BCUT2D eigenvalue weighted by molar-refractivity contribution is 5.82. The van der Waals surface area contributed by atoms with Crippen LogP contribution in [0.4, 0.5) is 0 Å². The van der Waals surface area contributed by atoms with Gasteiger partial charge in [-0.25, -0.2) is 0 Å². The fourth-order valence-corrected chi connectivity index (χ4v) is 3.02. The molecule has 0 aromatic heterocycles. The van der Waals surface area contributed by atoms with Crippen LogP contribution in [-0.4, -0.2) is 5.78 Å². The zero-order chi connectivity index (χ0) is 24.9. The number of carbonyl (C=O) groups is 1. The third-order valence-corrected chi connectivity index (χ3v) is 7.28. The molecule has 30 heavy (non-hydrogen) atoms. The standard InChI is InChI=1S/C10H22.C10H20.C9H18O/c2*1-7(2)9(5)10(6)8(3)4;1-6(2)8(5)9(10)7(3)4/h7-10H,1-6H3;7-8,10H,5H2,1-4,6H3;6-8H,1-5H3. The fraction of sp³-hybridized carbons (Fsp3) is 0.897. The number of ketones is 1. The summed E-state index contributed by atoms with van der Waals surface area (Å²) in [6, 6.07) is 0. The van der Waals surface area contributed by atoms with E-state index in [0.717, 1.165) is 29.6 Å². The molecular weight excluding hydrogens is 364 g/mol. The Balaban J connectivity index is -0.000000364. The summed E-state index contributed by atoms with van der Waals surface area (Å²) in [5, 5.41) is 0. The molecular formula is C29H60O. The van der Waals surface area contributed by atoms with E-state index in [4.69, 9.17) is 0 Å². The van der Waals surface area contributed by atoms with Crippen molar-refractivity contribution < 1.29 is 4.79 Å². The van der Waals surface area contributed by atoms with Crippen molar-refractivity contribution >= 4 is 5.78 Å². The van der Waals surface area contributed by atoms with Crippen LogP contribution < -0.4 is 0 Å². The molecule has 1 nitrogen and oxygen atoms in total. The van der Waals surface area contributed by atoms with Crippen LogP contribution in [-0.2, 0) is 4.79 Å². The number of Topliss-reactive ketones (excluding diaryl/α,β-unsaturated/α-hetero) is 1. The van der Waals surface area contributed by atoms with Crippen molar-refractivity contribution in [2.75, 3.05) is 0 Å². The number of hydrogen-bond acceptors (Lipinski definition) is 1. The van der Waals surface area contributed by atoms with Crippen molar-refractivity contribution in [2.24, 2.45) is 59.2 Å². The molecule has 1 heteroatoms. The lowest BCUT2D eigenvalue weighted by Gasteiger charge is -2.26. The Morgan fingerprint density at radius 1 is 0.467 bits per heavy atom. The molecule has 4 unspecified atom stereocenters. The van der Waals surface area contributed by atoms with E-state index in [1.54, 1.807) is 0 Å². The smallest absolute Gasteiger partial charge is 0.138 e. The highest BCUT2D eigenvalue weighted by atomic mass is 16.1. The summed E-state index contributed by atoms with van der Waals surface area (Å²) in [6.07, 6.45) is 0. The molecule has 182 valence electrons. The molecule has 4 atom stereocenters. The predicted octanol–water partition coefficient (Wildman–Crippen LogP) is 9.56. The Hall–Kier alpha value is -0.590. The van der Waals surface area contributed by atoms with Crippen LogP contribution in [0, 0.1) is 59.2 Å². The van der Waals surface area contributed by atoms with Gasteiger partial charge in [0.1, 0.15) is 5.78 Å². The summed E-state index contributed by atoms with van der Waals surface area (Å²) in [7, 11) is 0. The third-order valence-electron chi connectivity index (χ3n) is 7.28. The monoisotopic (exact) mass is 424 g/mol. The summed E-state index contributed by atoms with van der Waals surface area (Å²) >= 11 is 0. The average Bonchev–Trinajstić information content (AvgIpc) is 2.64. The molecule has 0 bridgehead atoms. The fourth-order valence-electron chi connectivity index (χ4n) is 3.02. The predicted molar refractivity (Wildman–Crippen MR) is 140 cm³/mol. The molecule has 0 saturated heterocycles. The summed E-state index contributed by atoms with van der Waals surface area (Å²) in [6.45, 7) is 39.3. The van der Waals surface area contributed by atoms with Crippen LogP contribution >= 0.6 is 0 Å². The first-order valence-electron chi connectivity index (χ1n) is 12.6. The van der Waals surface area contributed by atoms with Gasteiger partial charge in [-0.2, -0.15) is 0 Å². The van der Waals surface area contributed by atoms with Crippen molar-refractivity contribution in [2.45, 2.75) is 111 Å². The second-order valence-electron chi connectivity index (χ2n) is 11.6. The Morgan fingerprint density at radius 3 is 0.867 bits per heavy atom. The maximum atomic E-state index is 11.3. The van der Waals surface area contributed by atoms with E-state index in [9.17, 15) is 4.79 Å². The van der Waals surface area contributed by atoms with Crippen molar-refractivity contribution in [3.8, 4) is 0 Å². The van der Waals surface area contributed by atoms with Crippen molar-refractivity contribution in [1.29, 1.82) is 0 Å². The topological polar surface area (TPSA) is 17.1 Å². The molecule has 0 aliphatic carbocycles. The number of rotatable bonds is 9. The van der Waals surface area contributed by atoms with E-state index < -0.39 is 0 Å². The summed E-state index contributed by atoms with van der Waals surface area (Å²) in [5.41, 5.74) is 1.38. The summed E-state index contributed by atoms with van der Waals surface area (Å²) in [4.78, 5) is 11.3. The van der Waals surface area contributed by atoms with Crippen molar-refractivity contribution in [3.05, 3.63) is 12.2 Å². The lowest BCUT2D eigenvalue weighted by atomic mass is 9.80. The van der Waals surface area contributed by atoms with Gasteiger partial charge in [0.15, 0.2) is 0 Å². The van der Waals surface area contributed by atoms with Gasteiger partial charge in [0, 0.05) is 11.8 Å². The Bertz CT molecular complexity index is 397. The van der Waals surface area contributed by atoms with Gasteiger partial charge >= 0.3 is 0 Å². The van der Waals surface area contributed by atoms with Gasteiger partial charge in [0.05, 0.1) is 0 Å². The molecule has 0 rings (SSSR count). The first-order chi connectivity index (χ1) is 13.4. The molecule has 0 spiro atoms. The first-order valence-corrected chi connectivity index (χ1v) is 12.6. The molecule has 0 amide bonds. The molecule has 0 aromatic carbocycles. The second kappa shape index (κ2) is 17.0. The van der Waals surface area contributed by atoms with Crippen LogP contribution in [0.2, 0.25) is 0 Å². The average molecular weight is 425 g/mol. The zero-order valence-corrected chi connectivity index (χ0v) is 23.9. The maximum absolute atomic E-state index is 11.3. The minimum atomic E-state index is 0.192. The number of allylic oxidation sites excluding steroid dienone is 1. The van der Waals surface area contributed by atoms with Gasteiger partial charge in [0.2, 0.25) is 0 Å². The van der Waals surface area contributed by atoms with E-state index >= 15 is 0 Å². The molecule has 0 aliphatic rings. The lowest BCUT2D eigenvalue weighted by Crippen LogP contribution is -2.21. The van der Waals surface area contributed by atoms with E-state index in [0.29, 0.717) is 23.5 Å². The van der Waals surface area contributed by atoms with Crippen LogP contribution in [0.25, 0.3) is 0 Å². The Labute approximate surface area is 192 Å². The van der Waals surface area contributed by atoms with Gasteiger partial charge < -0.3 is 0 Å². The number of hydrogen-bond donors (Lipinski definition) is 0. The maximum Gasteiger partial charge on any atom is 0.138 e. The van der Waals surface area contributed by atoms with Crippen LogP contribution in [0.1, 0.15) is 111 Å². The highest BCUT2D eigenvalue weighted by Gasteiger charge is 2.19. The molecule has 0 heterocycles. The SMILES string of the molecule is C=C(C(C)C)C(C)C(C)C.CC(C)C(=O)C(C)C(C)C.CC(C)C(C)C(C)C(C)C. The first kappa shape index (κ1) is 34.0. The Kier molecular flexibility index (Phi) is 19.3. The van der Waals surface area contributed by atoms with Crippen LogP contribution in [0.15, 0.2) is 12.2 Å². The Morgan fingerprint density at radius 2 is 0.767 bits per heavy atom. The molecule has 0 aromatic rings. The normalized spacial score (nSPS) is 15.5. The van der Waals surface area contributed by atoms with Gasteiger partial charge in [0.25, 0.3) is 0 Å². The summed E-state index contributed by atoms with van der Waals surface area (Å²) < 4.78 is 0. The van der Waals surface area contributed by atoms with Crippen LogP contribution in [0.5, 0.6) is 0 Å². The van der Waals surface area contributed by atoms with Gasteiger partial charge in [-0.1, -0.05) is 123 Å². The van der Waals surface area contributed by atoms with Crippen LogP contribution in [0.3, 0.4) is 0 Å². The second-order valence-corrected chi connectivity index (χ2v) is 11.6. The molecule has 0 saturated carbocycles. The quantitative estimate of drug-likeness (QED) is 0.337. The van der Waals surface area contributed by atoms with E-state index in [1.807, 2.05) is 20.8 Å². The lowest BCUT2D eigenvalue weighted by molar-refractivity contribution is -0.126. The molecule has 0 aliphatic heterocycles. The van der Waals surface area contributed by atoms with E-state index in [2.05, 4.69) is 96.6 Å². The van der Waals surface area contributed by atoms with Gasteiger partial charge in [-0.05, 0) is 47.3 Å². The van der Waals surface area contributed by atoms with E-state index in [1.165, 1.54) is 5.57 Å². The zero-order valence-electron chi connectivity index (χ0n) is 23.9. The minimum Gasteiger partial charge on any atom is -0.299 e. The van der Waals surface area contributed by atoms with E-state index in [-0.39, 0.29) is 11.8 Å². The minimum absolute atomic E-state index is 0.192. The van der Waals surface area contributed by atoms with Gasteiger partial charge in [-0.15, -0.1) is 0 Å². The van der Waals surface area contributed by atoms with Crippen molar-refractivity contribution in [3.63, 3.8) is 0 Å². The summed E-state index contributed by atoms with van der Waals surface area (Å²) in [5.74, 6) is 6.70.